The Kier molecular flexibility index (Phi) is 3.53. The van der Waals surface area contributed by atoms with E-state index < -0.39 is 40.3 Å². The lowest BCUT2D eigenvalue weighted by atomic mass is 10.2. The van der Waals surface area contributed by atoms with Crippen LogP contribution >= 0.6 is 0 Å². The van der Waals surface area contributed by atoms with Crippen molar-refractivity contribution in [1.82, 2.24) is 4.98 Å². The van der Waals surface area contributed by atoms with Crippen LogP contribution in [0.3, 0.4) is 0 Å². The van der Waals surface area contributed by atoms with Crippen LogP contribution in [0, 0.1) is 10.1 Å². The summed E-state index contributed by atoms with van der Waals surface area (Å²) in [6, 6.07) is 0. The minimum atomic E-state index is -5.42. The minimum Gasteiger partial charge on any atom is -0.392 e. The predicted molar refractivity (Wildman–Crippen MR) is 45.4 cm³/mol. The molecule has 0 atom stereocenters. The molecule has 0 aliphatic rings. The Morgan fingerprint density at radius 3 is 2.33 bits per heavy atom. The van der Waals surface area contributed by atoms with Crippen molar-refractivity contribution in [3.63, 3.8) is 0 Å². The smallest absolute Gasteiger partial charge is 0.392 e. The number of nitrogens with zero attached hydrogens (tertiary/aromatic N) is 1. The maximum atomic E-state index is 12.4. The molecule has 100 valence electrons. The first-order chi connectivity index (χ1) is 8.13. The molecule has 0 aliphatic carbocycles. The van der Waals surface area contributed by atoms with Gasteiger partial charge < -0.3 is 9.72 Å². The molecule has 1 aromatic rings. The van der Waals surface area contributed by atoms with E-state index in [0.29, 0.717) is 0 Å². The summed E-state index contributed by atoms with van der Waals surface area (Å²) in [5, 5.41) is 10.5. The zero-order valence-electron chi connectivity index (χ0n) is 8.12. The number of nitrogens with one attached hydrogen (secondary N) is 1. The molecule has 1 aromatic heterocycles. The van der Waals surface area contributed by atoms with Crippen LogP contribution in [0.5, 0.6) is 5.75 Å². The molecule has 0 fully saturated rings. The Bertz CT molecular complexity index is 524. The molecule has 1 heterocycles. The SMILES string of the molecule is O=c1[nH]cc(C(F)F)c([N+](=O)[O-])c1OC(F)(F)F. The summed E-state index contributed by atoms with van der Waals surface area (Å²) in [6.07, 6.45) is -8.61. The van der Waals surface area contributed by atoms with Crippen molar-refractivity contribution in [3.05, 3.63) is 32.2 Å². The van der Waals surface area contributed by atoms with Crippen LogP contribution in [0.25, 0.3) is 0 Å². The molecule has 0 saturated carbocycles. The van der Waals surface area contributed by atoms with Gasteiger partial charge in [0.1, 0.15) is 5.56 Å². The average Bonchev–Trinajstić information content (AvgIpc) is 2.17. The monoisotopic (exact) mass is 274 g/mol. The van der Waals surface area contributed by atoms with Crippen LogP contribution in [0.15, 0.2) is 11.0 Å². The number of aromatic nitrogens is 1. The van der Waals surface area contributed by atoms with Crippen molar-refractivity contribution < 1.29 is 31.6 Å². The van der Waals surface area contributed by atoms with Crippen LogP contribution in [-0.4, -0.2) is 16.3 Å². The number of halogens is 5. The third kappa shape index (κ3) is 2.93. The van der Waals surface area contributed by atoms with E-state index in [1.54, 1.807) is 0 Å². The highest BCUT2D eigenvalue weighted by Crippen LogP contribution is 2.35. The third-order valence-corrected chi connectivity index (χ3v) is 1.69. The molecule has 0 unspecified atom stereocenters. The van der Waals surface area contributed by atoms with E-state index >= 15 is 0 Å². The number of rotatable bonds is 3. The number of aromatic amines is 1. The standard InChI is InChI=1S/C7H3F5N2O4/c8-5(9)2-1-13-6(15)4(3(2)14(16)17)18-7(10,11)12/h1,5H,(H,13,15). The maximum absolute atomic E-state index is 12.4. The number of hydrogen-bond donors (Lipinski definition) is 1. The molecule has 1 rings (SSSR count). The fraction of sp³-hybridized carbons (Fsp3) is 0.286. The highest BCUT2D eigenvalue weighted by atomic mass is 19.4. The van der Waals surface area contributed by atoms with E-state index in [0.717, 1.165) is 0 Å². The highest BCUT2D eigenvalue weighted by molar-refractivity contribution is 5.51. The Labute approximate surface area is 94.1 Å². The summed E-state index contributed by atoms with van der Waals surface area (Å²) in [7, 11) is 0. The zero-order chi connectivity index (χ0) is 14.1. The highest BCUT2D eigenvalue weighted by Gasteiger charge is 2.38. The van der Waals surface area contributed by atoms with E-state index in [9.17, 15) is 36.9 Å². The van der Waals surface area contributed by atoms with E-state index in [4.69, 9.17) is 0 Å². The normalized spacial score (nSPS) is 11.7. The summed E-state index contributed by atoms with van der Waals surface area (Å²) in [5.41, 5.74) is -4.73. The molecular formula is C7H3F5N2O4. The molecular weight excluding hydrogens is 271 g/mol. The molecule has 0 saturated heterocycles. The number of ether oxygens (including phenoxy) is 1. The van der Waals surface area contributed by atoms with Gasteiger partial charge in [0.15, 0.2) is 0 Å². The molecule has 18 heavy (non-hydrogen) atoms. The second-order valence-corrected chi connectivity index (χ2v) is 2.86. The summed E-state index contributed by atoms with van der Waals surface area (Å²) >= 11 is 0. The molecule has 1 N–H and O–H groups in total. The fourth-order valence-corrected chi connectivity index (χ4v) is 1.08. The van der Waals surface area contributed by atoms with Crippen molar-refractivity contribution in [2.45, 2.75) is 12.8 Å². The lowest BCUT2D eigenvalue weighted by Gasteiger charge is -2.09. The molecule has 6 nitrogen and oxygen atoms in total. The molecule has 0 aromatic carbocycles. The van der Waals surface area contributed by atoms with Crippen LogP contribution in [0.4, 0.5) is 27.6 Å². The molecule has 11 heteroatoms. The van der Waals surface area contributed by atoms with E-state index in [2.05, 4.69) is 4.74 Å². The first-order valence-corrected chi connectivity index (χ1v) is 4.07. The van der Waals surface area contributed by atoms with Gasteiger partial charge in [-0.15, -0.1) is 13.2 Å². The molecule has 0 aliphatic heterocycles. The van der Waals surface area contributed by atoms with Gasteiger partial charge >= 0.3 is 12.0 Å². The van der Waals surface area contributed by atoms with Gasteiger partial charge in [-0.2, -0.15) is 0 Å². The van der Waals surface area contributed by atoms with Gasteiger partial charge in [0.2, 0.25) is 0 Å². The van der Waals surface area contributed by atoms with E-state index in [1.807, 2.05) is 0 Å². The van der Waals surface area contributed by atoms with Crippen molar-refractivity contribution in [3.8, 4) is 5.75 Å². The zero-order valence-corrected chi connectivity index (χ0v) is 8.12. The van der Waals surface area contributed by atoms with Gasteiger partial charge in [0.25, 0.3) is 17.7 Å². The van der Waals surface area contributed by atoms with Gasteiger partial charge in [0.05, 0.1) is 4.92 Å². The molecule has 0 spiro atoms. The summed E-state index contributed by atoms with van der Waals surface area (Å²) < 4.78 is 63.6. The summed E-state index contributed by atoms with van der Waals surface area (Å²) in [5.74, 6) is -1.83. The number of alkyl halides is 5. The van der Waals surface area contributed by atoms with Gasteiger partial charge in [-0.25, -0.2) is 8.78 Å². The number of pyridine rings is 1. The van der Waals surface area contributed by atoms with Crippen molar-refractivity contribution in [2.75, 3.05) is 0 Å². The number of H-pyrrole nitrogens is 1. The van der Waals surface area contributed by atoms with Crippen molar-refractivity contribution in [2.24, 2.45) is 0 Å². The average molecular weight is 274 g/mol. The Morgan fingerprint density at radius 1 is 1.39 bits per heavy atom. The van der Waals surface area contributed by atoms with Gasteiger partial charge in [-0.1, -0.05) is 0 Å². The Balaban J connectivity index is 3.52. The Morgan fingerprint density at radius 2 is 1.94 bits per heavy atom. The van der Waals surface area contributed by atoms with Crippen LogP contribution in [-0.2, 0) is 0 Å². The minimum absolute atomic E-state index is 0.258. The maximum Gasteiger partial charge on any atom is 0.573 e. The first kappa shape index (κ1) is 13.9. The van der Waals surface area contributed by atoms with Gasteiger partial charge in [-0.05, 0) is 0 Å². The van der Waals surface area contributed by atoms with E-state index in [-0.39, 0.29) is 6.20 Å². The molecule has 0 radical (unpaired) electrons. The largest absolute Gasteiger partial charge is 0.573 e. The number of nitro groups is 1. The second kappa shape index (κ2) is 4.58. The number of hydrogen-bond acceptors (Lipinski definition) is 4. The van der Waals surface area contributed by atoms with Crippen molar-refractivity contribution in [1.29, 1.82) is 0 Å². The Hall–Kier alpha value is -2.20. The lowest BCUT2D eigenvalue weighted by molar-refractivity contribution is -0.390. The quantitative estimate of drug-likeness (QED) is 0.519. The summed E-state index contributed by atoms with van der Waals surface area (Å²) in [4.78, 5) is 21.4. The summed E-state index contributed by atoms with van der Waals surface area (Å²) in [6.45, 7) is 0. The van der Waals surface area contributed by atoms with Gasteiger partial charge in [0, 0.05) is 6.20 Å². The third-order valence-electron chi connectivity index (χ3n) is 1.69. The lowest BCUT2D eigenvalue weighted by Crippen LogP contribution is -2.24. The topological polar surface area (TPSA) is 85.2 Å². The van der Waals surface area contributed by atoms with Gasteiger partial charge in [-0.3, -0.25) is 14.9 Å². The van der Waals surface area contributed by atoms with Crippen molar-refractivity contribution >= 4 is 5.69 Å². The molecule has 0 bridgehead atoms. The molecule has 0 amide bonds. The van der Waals surface area contributed by atoms with Crippen LogP contribution in [0.2, 0.25) is 0 Å². The van der Waals surface area contributed by atoms with E-state index in [1.165, 1.54) is 4.98 Å². The van der Waals surface area contributed by atoms with Crippen LogP contribution in [0.1, 0.15) is 12.0 Å². The predicted octanol–water partition coefficient (Wildman–Crippen LogP) is 2.12. The second-order valence-electron chi connectivity index (χ2n) is 2.86. The van der Waals surface area contributed by atoms with Crippen LogP contribution < -0.4 is 10.3 Å². The fourth-order valence-electron chi connectivity index (χ4n) is 1.08. The first-order valence-electron chi connectivity index (χ1n) is 4.07.